The van der Waals surface area contributed by atoms with E-state index < -0.39 is 67.6 Å². The fraction of sp³-hybridized carbons (Fsp3) is 0.643. The number of ether oxygens (including phenoxy) is 2. The quantitative estimate of drug-likeness (QED) is 0.236. The summed E-state index contributed by atoms with van der Waals surface area (Å²) >= 11 is 8.27. The van der Waals surface area contributed by atoms with E-state index in [1.807, 2.05) is 17.4 Å². The molecular formula is C28H39ClO10S. The number of aliphatic hydroxyl groups excluding tert-OH is 8. The van der Waals surface area contributed by atoms with Gasteiger partial charge in [-0.1, -0.05) is 23.7 Å². The molecule has 3 aliphatic rings. The van der Waals surface area contributed by atoms with Gasteiger partial charge in [-0.2, -0.15) is 0 Å². The topological polar surface area (TPSA) is 180 Å². The normalized spacial score (nSPS) is 36.0. The number of thiophene rings is 1. The maximum atomic E-state index is 10.4. The first kappa shape index (κ1) is 31.7. The first-order valence-electron chi connectivity index (χ1n) is 13.6. The Kier molecular flexibility index (Phi) is 11.0. The van der Waals surface area contributed by atoms with Gasteiger partial charge in [0.15, 0.2) is 0 Å². The van der Waals surface area contributed by atoms with Crippen molar-refractivity contribution in [3.05, 3.63) is 55.7 Å². The number of hydrogen-bond donors (Lipinski definition) is 8. The van der Waals surface area contributed by atoms with E-state index in [0.717, 1.165) is 18.4 Å². The molecule has 0 saturated carbocycles. The second kappa shape index (κ2) is 13.9. The van der Waals surface area contributed by atoms with Gasteiger partial charge in [-0.05, 0) is 61.4 Å². The van der Waals surface area contributed by atoms with E-state index in [0.29, 0.717) is 17.0 Å². The molecule has 2 saturated heterocycles. The molecule has 2 aromatic rings. The van der Waals surface area contributed by atoms with Gasteiger partial charge in [0.25, 0.3) is 0 Å². The van der Waals surface area contributed by atoms with Gasteiger partial charge in [0, 0.05) is 21.2 Å². The van der Waals surface area contributed by atoms with Crippen LogP contribution in [0.5, 0.6) is 0 Å². The highest BCUT2D eigenvalue weighted by atomic mass is 35.5. The minimum absolute atomic E-state index is 0.366. The Hall–Kier alpha value is -1.19. The van der Waals surface area contributed by atoms with Crippen LogP contribution in [0.4, 0.5) is 0 Å². The summed E-state index contributed by atoms with van der Waals surface area (Å²) in [6.45, 7) is 0.764. The van der Waals surface area contributed by atoms with Crippen molar-refractivity contribution in [2.24, 2.45) is 0 Å². The van der Waals surface area contributed by atoms with Gasteiger partial charge in [-0.15, -0.1) is 11.3 Å². The van der Waals surface area contributed by atoms with Crippen LogP contribution in [-0.2, 0) is 28.7 Å². The fourth-order valence-corrected chi connectivity index (χ4v) is 6.87. The zero-order valence-corrected chi connectivity index (χ0v) is 23.8. The van der Waals surface area contributed by atoms with Gasteiger partial charge in [-0.25, -0.2) is 0 Å². The monoisotopic (exact) mass is 602 g/mol. The van der Waals surface area contributed by atoms with Crippen molar-refractivity contribution in [3.8, 4) is 0 Å². The lowest BCUT2D eigenvalue weighted by Crippen LogP contribution is -2.57. The largest absolute Gasteiger partial charge is 0.394 e. The molecule has 3 heterocycles. The van der Waals surface area contributed by atoms with E-state index in [9.17, 15) is 35.7 Å². The third-order valence-corrected chi connectivity index (χ3v) is 9.44. The van der Waals surface area contributed by atoms with Crippen LogP contribution in [-0.4, -0.2) is 109 Å². The van der Waals surface area contributed by atoms with Crippen LogP contribution >= 0.6 is 22.9 Å². The molecule has 12 heteroatoms. The van der Waals surface area contributed by atoms with Crippen molar-refractivity contribution in [2.45, 2.75) is 100 Å². The SMILES string of the molecule is C[C@@H]1O[C@H](CO)[C@@H](O)[C@H](O)[C@H]1O.OC[C@H]1O[C@@H](c2ccc(Cl)c(Cc3cc4c(s3)CCCC4)c2)[C@H](O)[C@@H](O)[C@@H]1O. The smallest absolute Gasteiger partial charge is 0.113 e. The lowest BCUT2D eigenvalue weighted by molar-refractivity contribution is -0.231. The maximum absolute atomic E-state index is 10.4. The van der Waals surface area contributed by atoms with Gasteiger partial charge < -0.3 is 50.3 Å². The number of halogens is 1. The number of aryl methyl sites for hydroxylation is 2. The molecule has 2 fully saturated rings. The van der Waals surface area contributed by atoms with Crippen molar-refractivity contribution in [2.75, 3.05) is 13.2 Å². The summed E-state index contributed by atoms with van der Waals surface area (Å²) in [5.74, 6) is 0. The summed E-state index contributed by atoms with van der Waals surface area (Å²) in [6.07, 6.45) is -5.26. The van der Waals surface area contributed by atoms with Crippen molar-refractivity contribution < 1.29 is 50.3 Å². The second-order valence-electron chi connectivity index (χ2n) is 10.7. The third kappa shape index (κ3) is 6.88. The van der Waals surface area contributed by atoms with Gasteiger partial charge in [0.2, 0.25) is 0 Å². The summed E-state index contributed by atoms with van der Waals surface area (Å²) in [5.41, 5.74) is 3.04. The summed E-state index contributed by atoms with van der Waals surface area (Å²) in [7, 11) is 0. The highest BCUT2D eigenvalue weighted by molar-refractivity contribution is 7.12. The predicted octanol–water partition coefficient (Wildman–Crippen LogP) is 0.235. The fourth-order valence-electron chi connectivity index (χ4n) is 5.40. The van der Waals surface area contributed by atoms with E-state index in [2.05, 4.69) is 6.07 Å². The molecule has 10 nitrogen and oxygen atoms in total. The van der Waals surface area contributed by atoms with Crippen LogP contribution in [0.1, 0.15) is 52.3 Å². The zero-order valence-electron chi connectivity index (χ0n) is 22.2. The predicted molar refractivity (Wildman–Crippen MR) is 147 cm³/mol. The van der Waals surface area contributed by atoms with Gasteiger partial charge in [-0.3, -0.25) is 0 Å². The molecule has 1 aromatic heterocycles. The number of rotatable bonds is 5. The van der Waals surface area contributed by atoms with Crippen LogP contribution in [0.25, 0.3) is 0 Å². The first-order chi connectivity index (χ1) is 19.0. The molecule has 1 aromatic carbocycles. The molecule has 224 valence electrons. The van der Waals surface area contributed by atoms with Gasteiger partial charge in [0.05, 0.1) is 19.3 Å². The average molecular weight is 603 g/mol. The minimum Gasteiger partial charge on any atom is -0.394 e. The van der Waals surface area contributed by atoms with Crippen molar-refractivity contribution >= 4 is 22.9 Å². The minimum atomic E-state index is -1.39. The zero-order chi connectivity index (χ0) is 29.1. The van der Waals surface area contributed by atoms with E-state index in [1.165, 1.54) is 28.2 Å². The maximum Gasteiger partial charge on any atom is 0.113 e. The molecule has 1 aliphatic carbocycles. The standard InChI is InChI=1S/C21H25ClO5S.C7H14O5/c22-15-6-5-12(21-20(26)19(25)18(24)16(10-23)27-21)7-13(15)9-14-8-11-3-1-2-4-17(11)28-14;1-3-5(9)7(11)6(10)4(2-8)12-3/h5-8,16,18-21,23-26H,1-4,9-10H2;3-11H,2H2,1H3/t16-,18-,19+,20-,21+;3-,4+,5-,6+,7+/m10/s1. The molecule has 0 amide bonds. The highest BCUT2D eigenvalue weighted by Crippen LogP contribution is 2.36. The highest BCUT2D eigenvalue weighted by Gasteiger charge is 2.44. The molecule has 0 bridgehead atoms. The van der Waals surface area contributed by atoms with Crippen molar-refractivity contribution in [3.63, 3.8) is 0 Å². The molecular weight excluding hydrogens is 564 g/mol. The Morgan fingerprint density at radius 3 is 2.08 bits per heavy atom. The van der Waals surface area contributed by atoms with Crippen molar-refractivity contribution in [1.82, 2.24) is 0 Å². The lowest BCUT2D eigenvalue weighted by atomic mass is 9.90. The molecule has 40 heavy (non-hydrogen) atoms. The summed E-state index contributed by atoms with van der Waals surface area (Å²) in [4.78, 5) is 2.74. The van der Waals surface area contributed by atoms with Crippen LogP contribution in [0.15, 0.2) is 24.3 Å². The number of hydrogen-bond acceptors (Lipinski definition) is 11. The van der Waals surface area contributed by atoms with Crippen LogP contribution in [0, 0.1) is 0 Å². The first-order valence-corrected chi connectivity index (χ1v) is 14.7. The van der Waals surface area contributed by atoms with Gasteiger partial charge in [0.1, 0.15) is 54.9 Å². The Bertz CT molecular complexity index is 1080. The van der Waals surface area contributed by atoms with E-state index in [1.54, 1.807) is 19.1 Å². The Labute approximate surface area is 242 Å². The number of aliphatic hydroxyl groups is 8. The Balaban J connectivity index is 0.000000259. The van der Waals surface area contributed by atoms with E-state index >= 15 is 0 Å². The van der Waals surface area contributed by atoms with E-state index in [4.69, 9.17) is 26.2 Å². The molecule has 0 spiro atoms. The molecule has 0 radical (unpaired) electrons. The molecule has 2 aliphatic heterocycles. The third-order valence-electron chi connectivity index (χ3n) is 7.83. The average Bonchev–Trinajstić information content (AvgIpc) is 3.37. The van der Waals surface area contributed by atoms with E-state index in [-0.39, 0.29) is 6.61 Å². The van der Waals surface area contributed by atoms with Gasteiger partial charge >= 0.3 is 0 Å². The van der Waals surface area contributed by atoms with Crippen molar-refractivity contribution in [1.29, 1.82) is 0 Å². The molecule has 5 rings (SSSR count). The summed E-state index contributed by atoms with van der Waals surface area (Å²) in [6, 6.07) is 7.67. The van der Waals surface area contributed by atoms with Crippen LogP contribution < -0.4 is 0 Å². The van der Waals surface area contributed by atoms with Crippen LogP contribution in [0.3, 0.4) is 0 Å². The molecule has 10 atom stereocenters. The molecule has 0 unspecified atom stereocenters. The summed E-state index contributed by atoms with van der Waals surface area (Å²) < 4.78 is 10.7. The Morgan fingerprint density at radius 1 is 0.800 bits per heavy atom. The summed E-state index contributed by atoms with van der Waals surface area (Å²) in [5, 5.41) is 76.9. The second-order valence-corrected chi connectivity index (χ2v) is 12.3. The molecule has 8 N–H and O–H groups in total. The lowest BCUT2D eigenvalue weighted by Gasteiger charge is -2.40. The number of fused-ring (bicyclic) bond motifs is 1. The Morgan fingerprint density at radius 2 is 1.43 bits per heavy atom. The number of benzene rings is 1. The van der Waals surface area contributed by atoms with Crippen LogP contribution in [0.2, 0.25) is 5.02 Å².